The Morgan fingerprint density at radius 2 is 1.86 bits per heavy atom. The maximum atomic E-state index is 13.1. The monoisotopic (exact) mass is 395 g/mol. The van der Waals surface area contributed by atoms with Gasteiger partial charge in [0.2, 0.25) is 5.91 Å². The lowest BCUT2D eigenvalue weighted by Crippen LogP contribution is -2.40. The van der Waals surface area contributed by atoms with Crippen molar-refractivity contribution in [3.8, 4) is 0 Å². The van der Waals surface area contributed by atoms with Gasteiger partial charge in [-0.3, -0.25) is 14.4 Å². The highest BCUT2D eigenvalue weighted by Gasteiger charge is 2.33. The number of piperidine rings is 1. The fraction of sp³-hybridized carbons (Fsp3) is 0.381. The van der Waals surface area contributed by atoms with Crippen molar-refractivity contribution >= 4 is 44.1 Å². The smallest absolute Gasteiger partial charge is 0.263 e. The average molecular weight is 395 g/mol. The number of para-hydroxylation sites is 1. The third kappa shape index (κ3) is 2.90. The number of rotatable bonds is 2. The van der Waals surface area contributed by atoms with E-state index in [1.165, 1.54) is 11.3 Å². The van der Waals surface area contributed by atoms with Gasteiger partial charge in [-0.1, -0.05) is 18.2 Å². The highest BCUT2D eigenvalue weighted by molar-refractivity contribution is 7.21. The van der Waals surface area contributed by atoms with Crippen LogP contribution >= 0.6 is 11.3 Å². The number of nitrogens with zero attached hydrogens (tertiary/aromatic N) is 1. The molecule has 0 bridgehead atoms. The number of amides is 2. The summed E-state index contributed by atoms with van der Waals surface area (Å²) < 4.78 is 0.869. The zero-order valence-electron chi connectivity index (χ0n) is 15.4. The lowest BCUT2D eigenvalue weighted by atomic mass is 9.83. The van der Waals surface area contributed by atoms with E-state index < -0.39 is 0 Å². The predicted octanol–water partition coefficient (Wildman–Crippen LogP) is 2.73. The molecule has 2 aliphatic rings. The number of hydrogen-bond donors (Lipinski definition) is 2. The van der Waals surface area contributed by atoms with Crippen LogP contribution in [0.1, 0.15) is 28.9 Å². The van der Waals surface area contributed by atoms with Crippen molar-refractivity contribution in [3.63, 3.8) is 0 Å². The molecule has 2 N–H and O–H groups in total. The van der Waals surface area contributed by atoms with Gasteiger partial charge >= 0.3 is 0 Å². The van der Waals surface area contributed by atoms with E-state index in [0.29, 0.717) is 41.6 Å². The maximum absolute atomic E-state index is 13.1. The molecule has 28 heavy (non-hydrogen) atoms. The molecule has 2 aliphatic heterocycles. The van der Waals surface area contributed by atoms with Crippen molar-refractivity contribution in [2.75, 3.05) is 19.6 Å². The van der Waals surface area contributed by atoms with Crippen LogP contribution in [0.3, 0.4) is 0 Å². The molecule has 1 atom stereocenters. The first-order valence-corrected chi connectivity index (χ1v) is 10.5. The Kier molecular flexibility index (Phi) is 4.19. The molecule has 0 radical (unpaired) electrons. The van der Waals surface area contributed by atoms with Gasteiger partial charge in [0.15, 0.2) is 0 Å². The number of aromatic amines is 1. The summed E-state index contributed by atoms with van der Waals surface area (Å²) in [7, 11) is 0. The Labute approximate surface area is 165 Å². The van der Waals surface area contributed by atoms with Gasteiger partial charge < -0.3 is 15.2 Å². The number of fused-ring (bicyclic) bond motifs is 3. The van der Waals surface area contributed by atoms with E-state index in [1.54, 1.807) is 6.07 Å². The summed E-state index contributed by atoms with van der Waals surface area (Å²) in [6.45, 7) is 2.18. The van der Waals surface area contributed by atoms with Crippen LogP contribution in [-0.4, -0.2) is 41.3 Å². The van der Waals surface area contributed by atoms with Crippen LogP contribution in [0.25, 0.3) is 21.0 Å². The minimum absolute atomic E-state index is 0.00348. The van der Waals surface area contributed by atoms with E-state index in [9.17, 15) is 14.4 Å². The number of aromatic nitrogens is 1. The van der Waals surface area contributed by atoms with Crippen molar-refractivity contribution in [2.45, 2.75) is 19.3 Å². The molecule has 2 amide bonds. The van der Waals surface area contributed by atoms with Crippen molar-refractivity contribution in [2.24, 2.45) is 11.8 Å². The number of likely N-dealkylation sites (tertiary alicyclic amines) is 1. The van der Waals surface area contributed by atoms with E-state index in [4.69, 9.17) is 0 Å². The molecule has 2 aromatic heterocycles. The average Bonchev–Trinajstić information content (AvgIpc) is 3.35. The van der Waals surface area contributed by atoms with Crippen LogP contribution in [0.5, 0.6) is 0 Å². The third-order valence-corrected chi connectivity index (χ3v) is 7.27. The lowest BCUT2D eigenvalue weighted by molar-refractivity contribution is -0.119. The van der Waals surface area contributed by atoms with Gasteiger partial charge in [-0.05, 0) is 36.8 Å². The first kappa shape index (κ1) is 17.4. The molecular weight excluding hydrogens is 374 g/mol. The Balaban J connectivity index is 1.38. The van der Waals surface area contributed by atoms with E-state index in [1.807, 2.05) is 29.2 Å². The van der Waals surface area contributed by atoms with Gasteiger partial charge in [0.05, 0.1) is 10.3 Å². The molecule has 144 valence electrons. The minimum Gasteiger partial charge on any atom is -0.356 e. The number of carbonyl (C=O) groups excluding carboxylic acids is 2. The first-order valence-electron chi connectivity index (χ1n) is 9.70. The third-order valence-electron chi connectivity index (χ3n) is 6.11. The SMILES string of the molecule is O=C1CC(C2CCN(C(=O)c3cc4c(=O)[nH]c5ccccc5c4s3)CC2)CN1. The quantitative estimate of drug-likeness (QED) is 0.700. The van der Waals surface area contributed by atoms with Crippen molar-refractivity contribution in [1.82, 2.24) is 15.2 Å². The molecule has 1 unspecified atom stereocenters. The fourth-order valence-corrected chi connectivity index (χ4v) is 5.70. The summed E-state index contributed by atoms with van der Waals surface area (Å²) in [5.41, 5.74) is 0.641. The topological polar surface area (TPSA) is 82.3 Å². The number of hydrogen-bond acceptors (Lipinski definition) is 4. The predicted molar refractivity (Wildman–Crippen MR) is 110 cm³/mol. The number of benzene rings is 1. The Morgan fingerprint density at radius 3 is 2.61 bits per heavy atom. The highest BCUT2D eigenvalue weighted by Crippen LogP contribution is 2.33. The Morgan fingerprint density at radius 1 is 1.07 bits per heavy atom. The van der Waals surface area contributed by atoms with Gasteiger partial charge in [0, 0.05) is 41.7 Å². The van der Waals surface area contributed by atoms with Gasteiger partial charge in [-0.15, -0.1) is 11.3 Å². The van der Waals surface area contributed by atoms with E-state index in [0.717, 1.165) is 35.0 Å². The zero-order valence-corrected chi connectivity index (χ0v) is 16.2. The standard InChI is InChI=1S/C21H21N3O3S/c25-18-9-13(11-22-18)12-5-7-24(8-6-12)21(27)17-10-15-19(28-17)14-3-1-2-4-16(14)23-20(15)26/h1-4,10,12-13H,5-9,11H2,(H,22,25)(H,23,26). The van der Waals surface area contributed by atoms with E-state index >= 15 is 0 Å². The largest absolute Gasteiger partial charge is 0.356 e. The number of pyridine rings is 1. The van der Waals surface area contributed by atoms with Gasteiger partial charge in [0.1, 0.15) is 0 Å². The van der Waals surface area contributed by atoms with Gasteiger partial charge in [-0.2, -0.15) is 0 Å². The molecule has 0 spiro atoms. The molecule has 6 nitrogen and oxygen atoms in total. The number of H-pyrrole nitrogens is 1. The van der Waals surface area contributed by atoms with Crippen LogP contribution in [0.2, 0.25) is 0 Å². The second-order valence-corrected chi connectivity index (χ2v) is 8.80. The number of thiophene rings is 1. The molecule has 2 saturated heterocycles. The summed E-state index contributed by atoms with van der Waals surface area (Å²) in [5, 5.41) is 4.46. The van der Waals surface area contributed by atoms with Crippen molar-refractivity contribution in [3.05, 3.63) is 45.6 Å². The molecule has 7 heteroatoms. The number of carbonyl (C=O) groups is 2. The first-order chi connectivity index (χ1) is 13.6. The van der Waals surface area contributed by atoms with E-state index in [-0.39, 0.29) is 17.4 Å². The van der Waals surface area contributed by atoms with E-state index in [2.05, 4.69) is 10.3 Å². The highest BCUT2D eigenvalue weighted by atomic mass is 32.1. The molecule has 5 rings (SSSR count). The Bertz CT molecular complexity index is 1140. The van der Waals surface area contributed by atoms with Crippen LogP contribution in [0.4, 0.5) is 0 Å². The van der Waals surface area contributed by atoms with Crippen LogP contribution in [0.15, 0.2) is 35.1 Å². The second-order valence-electron chi connectivity index (χ2n) is 7.75. The summed E-state index contributed by atoms with van der Waals surface area (Å²) in [4.78, 5) is 42.3. The van der Waals surface area contributed by atoms with Gasteiger partial charge in [-0.25, -0.2) is 0 Å². The minimum atomic E-state index is -0.152. The molecule has 4 heterocycles. The molecule has 1 aromatic carbocycles. The maximum Gasteiger partial charge on any atom is 0.263 e. The second kappa shape index (κ2) is 6.74. The fourth-order valence-electron chi connectivity index (χ4n) is 4.54. The molecule has 2 fully saturated rings. The lowest BCUT2D eigenvalue weighted by Gasteiger charge is -2.34. The van der Waals surface area contributed by atoms with Crippen molar-refractivity contribution in [1.29, 1.82) is 0 Å². The summed E-state index contributed by atoms with van der Waals surface area (Å²) in [5.74, 6) is 1.05. The molecule has 0 aliphatic carbocycles. The number of nitrogens with one attached hydrogen (secondary N) is 2. The normalized spacial score (nSPS) is 20.8. The van der Waals surface area contributed by atoms with Crippen LogP contribution in [0, 0.1) is 11.8 Å². The van der Waals surface area contributed by atoms with Crippen LogP contribution in [-0.2, 0) is 4.79 Å². The zero-order chi connectivity index (χ0) is 19.3. The summed E-state index contributed by atoms with van der Waals surface area (Å²) in [6, 6.07) is 9.42. The Hall–Kier alpha value is -2.67. The van der Waals surface area contributed by atoms with Crippen LogP contribution < -0.4 is 10.9 Å². The summed E-state index contributed by atoms with van der Waals surface area (Å²) >= 11 is 1.40. The summed E-state index contributed by atoms with van der Waals surface area (Å²) in [6.07, 6.45) is 2.48. The molecule has 3 aromatic rings. The van der Waals surface area contributed by atoms with Crippen molar-refractivity contribution < 1.29 is 9.59 Å². The molecular formula is C21H21N3O3S. The molecule has 0 saturated carbocycles. The van der Waals surface area contributed by atoms with Gasteiger partial charge in [0.25, 0.3) is 11.5 Å².